The summed E-state index contributed by atoms with van der Waals surface area (Å²) in [6, 6.07) is 5.76. The third kappa shape index (κ3) is 7.31. The van der Waals surface area contributed by atoms with Crippen LogP contribution in [0.2, 0.25) is 0 Å². The molecule has 0 aromatic heterocycles. The standard InChI is InChI=1S/C14H17ClF3NO3S2/c1-9(2)7-24(21,22)8-12(20)19-10-5-3-4-6-11(10)23-13(15)14(16,17)18/h3-6,9,13H,7-8H2,1-2H3,(H,19,20). The normalized spacial score (nSPS) is 13.8. The Morgan fingerprint density at radius 1 is 1.29 bits per heavy atom. The van der Waals surface area contributed by atoms with Gasteiger partial charge in [0.05, 0.1) is 11.4 Å². The Morgan fingerprint density at radius 3 is 2.42 bits per heavy atom. The number of thioether (sulfide) groups is 1. The summed E-state index contributed by atoms with van der Waals surface area (Å²) >= 11 is 5.62. The van der Waals surface area contributed by atoms with Crippen LogP contribution in [0.5, 0.6) is 0 Å². The number of nitrogens with one attached hydrogen (secondary N) is 1. The minimum atomic E-state index is -4.61. The SMILES string of the molecule is CC(C)CS(=O)(=O)CC(=O)Nc1ccccc1SC(Cl)C(F)(F)F. The molecule has 0 aliphatic rings. The molecule has 1 N–H and O–H groups in total. The molecule has 0 heterocycles. The maximum absolute atomic E-state index is 12.6. The minimum absolute atomic E-state index is 0.0853. The van der Waals surface area contributed by atoms with E-state index in [4.69, 9.17) is 11.6 Å². The zero-order valence-corrected chi connectivity index (χ0v) is 15.3. The number of rotatable bonds is 7. The number of anilines is 1. The fourth-order valence-corrected chi connectivity index (χ4v) is 4.46. The molecule has 24 heavy (non-hydrogen) atoms. The molecule has 136 valence electrons. The largest absolute Gasteiger partial charge is 0.414 e. The van der Waals surface area contributed by atoms with Gasteiger partial charge in [0.1, 0.15) is 5.75 Å². The Labute approximate surface area is 148 Å². The van der Waals surface area contributed by atoms with Crippen molar-refractivity contribution in [2.75, 3.05) is 16.8 Å². The number of hydrogen-bond donors (Lipinski definition) is 1. The van der Waals surface area contributed by atoms with E-state index in [9.17, 15) is 26.4 Å². The topological polar surface area (TPSA) is 63.2 Å². The summed E-state index contributed by atoms with van der Waals surface area (Å²) in [5.74, 6) is -1.81. The first-order valence-electron chi connectivity index (χ1n) is 6.87. The third-order valence-corrected chi connectivity index (χ3v) is 6.06. The zero-order valence-electron chi connectivity index (χ0n) is 12.9. The highest BCUT2D eigenvalue weighted by molar-refractivity contribution is 8.01. The Morgan fingerprint density at radius 2 is 1.88 bits per heavy atom. The molecule has 0 spiro atoms. The third-order valence-electron chi connectivity index (χ3n) is 2.59. The highest BCUT2D eigenvalue weighted by Crippen LogP contribution is 2.40. The van der Waals surface area contributed by atoms with Gasteiger partial charge in [-0.3, -0.25) is 4.79 Å². The fourth-order valence-electron chi connectivity index (χ4n) is 1.80. The van der Waals surface area contributed by atoms with Crippen LogP contribution in [0.1, 0.15) is 13.8 Å². The predicted molar refractivity (Wildman–Crippen MR) is 90.1 cm³/mol. The summed E-state index contributed by atoms with van der Waals surface area (Å²) in [5.41, 5.74) is 0.0853. The van der Waals surface area contributed by atoms with Crippen LogP contribution in [-0.2, 0) is 14.6 Å². The van der Waals surface area contributed by atoms with Crippen molar-refractivity contribution in [2.24, 2.45) is 5.92 Å². The van der Waals surface area contributed by atoms with Crippen molar-refractivity contribution in [2.45, 2.75) is 29.6 Å². The van der Waals surface area contributed by atoms with E-state index in [1.54, 1.807) is 13.8 Å². The molecule has 0 fully saturated rings. The lowest BCUT2D eigenvalue weighted by atomic mass is 10.3. The first-order valence-corrected chi connectivity index (χ1v) is 10.0. The Hall–Kier alpha value is -0.930. The van der Waals surface area contributed by atoms with E-state index >= 15 is 0 Å². The van der Waals surface area contributed by atoms with Gasteiger partial charge in [0.25, 0.3) is 0 Å². The summed E-state index contributed by atoms with van der Waals surface area (Å²) < 4.78 is 59.1. The molecular formula is C14H17ClF3NO3S2. The number of hydrogen-bond acceptors (Lipinski definition) is 4. The van der Waals surface area contributed by atoms with Crippen LogP contribution in [0.4, 0.5) is 18.9 Å². The quantitative estimate of drug-likeness (QED) is 0.553. The van der Waals surface area contributed by atoms with Crippen LogP contribution < -0.4 is 5.32 Å². The fraction of sp³-hybridized carbons (Fsp3) is 0.500. The van der Waals surface area contributed by atoms with Crippen molar-refractivity contribution < 1.29 is 26.4 Å². The van der Waals surface area contributed by atoms with Gasteiger partial charge in [0.15, 0.2) is 14.5 Å². The Bertz CT molecular complexity index is 678. The summed E-state index contributed by atoms with van der Waals surface area (Å²) in [5, 5.41) is 2.33. The minimum Gasteiger partial charge on any atom is -0.324 e. The maximum atomic E-state index is 12.6. The molecule has 0 radical (unpaired) electrons. The van der Waals surface area contributed by atoms with E-state index < -0.39 is 32.4 Å². The summed E-state index contributed by atoms with van der Waals surface area (Å²) in [6.07, 6.45) is -4.61. The molecule has 0 aliphatic heterocycles. The number of carbonyl (C=O) groups excluding carboxylic acids is 1. The highest BCUT2D eigenvalue weighted by Gasteiger charge is 2.39. The molecule has 1 aromatic rings. The van der Waals surface area contributed by atoms with Crippen molar-refractivity contribution in [3.63, 3.8) is 0 Å². The van der Waals surface area contributed by atoms with Crippen molar-refractivity contribution >= 4 is 44.8 Å². The smallest absolute Gasteiger partial charge is 0.324 e. The zero-order chi connectivity index (χ0) is 18.5. The Kier molecular flexibility index (Phi) is 7.43. The van der Waals surface area contributed by atoms with Gasteiger partial charge in [-0.2, -0.15) is 13.2 Å². The van der Waals surface area contributed by atoms with E-state index in [0.29, 0.717) is 11.8 Å². The molecular weight excluding hydrogens is 387 g/mol. The molecule has 1 unspecified atom stereocenters. The van der Waals surface area contributed by atoms with Gasteiger partial charge in [-0.05, 0) is 18.1 Å². The van der Waals surface area contributed by atoms with Gasteiger partial charge in [-0.15, -0.1) is 11.6 Å². The van der Waals surface area contributed by atoms with Crippen molar-refractivity contribution in [1.29, 1.82) is 0 Å². The molecule has 10 heteroatoms. The Balaban J connectivity index is 2.83. The van der Waals surface area contributed by atoms with E-state index in [-0.39, 0.29) is 22.3 Å². The predicted octanol–water partition coefficient (Wildman–Crippen LogP) is 3.92. The second kappa shape index (κ2) is 8.44. The van der Waals surface area contributed by atoms with Gasteiger partial charge in [-0.1, -0.05) is 37.7 Å². The lowest BCUT2D eigenvalue weighted by Crippen LogP contribution is -2.26. The van der Waals surface area contributed by atoms with Gasteiger partial charge >= 0.3 is 6.18 Å². The van der Waals surface area contributed by atoms with Crippen LogP contribution in [0.25, 0.3) is 0 Å². The van der Waals surface area contributed by atoms with Crippen molar-refractivity contribution in [1.82, 2.24) is 0 Å². The average Bonchev–Trinajstić information content (AvgIpc) is 2.37. The lowest BCUT2D eigenvalue weighted by Gasteiger charge is -2.16. The molecule has 0 saturated heterocycles. The van der Waals surface area contributed by atoms with Crippen LogP contribution >= 0.6 is 23.4 Å². The van der Waals surface area contributed by atoms with Gasteiger partial charge in [-0.25, -0.2) is 8.42 Å². The molecule has 1 atom stereocenters. The first-order chi connectivity index (χ1) is 10.9. The van der Waals surface area contributed by atoms with E-state index in [0.717, 1.165) is 0 Å². The number of para-hydroxylation sites is 1. The first kappa shape index (κ1) is 21.1. The summed E-state index contributed by atoms with van der Waals surface area (Å²) in [7, 11) is -3.58. The maximum Gasteiger partial charge on any atom is 0.414 e. The lowest BCUT2D eigenvalue weighted by molar-refractivity contribution is -0.114. The van der Waals surface area contributed by atoms with Crippen LogP contribution in [0.15, 0.2) is 29.2 Å². The number of amides is 1. The molecule has 0 saturated carbocycles. The van der Waals surface area contributed by atoms with E-state index in [2.05, 4.69) is 5.32 Å². The summed E-state index contributed by atoms with van der Waals surface area (Å²) in [6.45, 7) is 3.41. The number of halogens is 4. The van der Waals surface area contributed by atoms with E-state index in [1.807, 2.05) is 0 Å². The molecule has 4 nitrogen and oxygen atoms in total. The number of alkyl halides is 4. The number of carbonyl (C=O) groups is 1. The van der Waals surface area contributed by atoms with Crippen LogP contribution in [0.3, 0.4) is 0 Å². The molecule has 1 aromatic carbocycles. The average molecular weight is 404 g/mol. The van der Waals surface area contributed by atoms with Crippen LogP contribution in [-0.4, -0.2) is 36.7 Å². The molecule has 0 aliphatic carbocycles. The number of sulfone groups is 1. The van der Waals surface area contributed by atoms with Crippen LogP contribution in [0, 0.1) is 5.92 Å². The summed E-state index contributed by atoms with van der Waals surface area (Å²) in [4.78, 5) is 12.0. The molecule has 1 rings (SSSR count). The van der Waals surface area contributed by atoms with E-state index in [1.165, 1.54) is 24.3 Å². The van der Waals surface area contributed by atoms with Gasteiger partial charge in [0.2, 0.25) is 5.91 Å². The highest BCUT2D eigenvalue weighted by atomic mass is 35.5. The second-order valence-corrected chi connectivity index (χ2v) is 9.42. The number of benzene rings is 1. The van der Waals surface area contributed by atoms with Gasteiger partial charge in [0, 0.05) is 4.90 Å². The monoisotopic (exact) mass is 403 g/mol. The van der Waals surface area contributed by atoms with Crippen molar-refractivity contribution in [3.8, 4) is 0 Å². The second-order valence-electron chi connectivity index (χ2n) is 5.47. The van der Waals surface area contributed by atoms with Gasteiger partial charge < -0.3 is 5.32 Å². The molecule has 0 bridgehead atoms. The molecule has 1 amide bonds. The van der Waals surface area contributed by atoms with Crippen molar-refractivity contribution in [3.05, 3.63) is 24.3 Å².